The molecule has 3 rings (SSSR count). The Hall–Kier alpha value is -1.88. The molecule has 0 spiro atoms. The highest BCUT2D eigenvalue weighted by Gasteiger charge is 2.19. The number of hydrogen-bond donors (Lipinski definition) is 0. The molecule has 2 aromatic heterocycles. The summed E-state index contributed by atoms with van der Waals surface area (Å²) in [5.74, 6) is 0. The van der Waals surface area contributed by atoms with Gasteiger partial charge in [0.1, 0.15) is 6.10 Å². The Morgan fingerprint density at radius 2 is 2.05 bits per heavy atom. The average molecular weight is 259 g/mol. The van der Waals surface area contributed by atoms with Crippen LogP contribution >= 0.6 is 0 Å². The molecular weight excluding hydrogens is 242 g/mol. The van der Waals surface area contributed by atoms with Crippen molar-refractivity contribution in [2.75, 3.05) is 20.1 Å². The minimum atomic E-state index is -0.127. The minimum Gasteiger partial charge on any atom is -0.407 e. The van der Waals surface area contributed by atoms with Crippen LogP contribution in [-0.2, 0) is 0 Å². The molecule has 0 unspecified atom stereocenters. The fraction of sp³-hybridized carbons (Fsp3) is 0.429. The van der Waals surface area contributed by atoms with Crippen molar-refractivity contribution in [3.63, 3.8) is 0 Å². The lowest BCUT2D eigenvalue weighted by molar-refractivity contribution is 0.00253. The Bertz CT molecular complexity index is 630. The molecule has 0 saturated carbocycles. The summed E-state index contributed by atoms with van der Waals surface area (Å²) < 4.78 is 1.41. The molecule has 5 heteroatoms. The fourth-order valence-electron chi connectivity index (χ4n) is 2.41. The zero-order chi connectivity index (χ0) is 13.2. The third-order valence-corrected chi connectivity index (χ3v) is 3.57. The van der Waals surface area contributed by atoms with Crippen LogP contribution in [0, 0.1) is 0 Å². The average Bonchev–Trinajstić information content (AvgIpc) is 2.44. The molecule has 2 aromatic rings. The fourth-order valence-corrected chi connectivity index (χ4v) is 2.41. The van der Waals surface area contributed by atoms with Gasteiger partial charge in [0.25, 0.3) is 5.56 Å². The molecule has 0 amide bonds. The Balaban J connectivity index is 1.92. The molecule has 0 aromatic carbocycles. The molecule has 0 N–H and O–H groups in total. The van der Waals surface area contributed by atoms with Gasteiger partial charge in [-0.05, 0) is 32.0 Å². The smallest absolute Gasteiger partial charge is 0.283 e. The molecule has 0 aliphatic carbocycles. The number of likely N-dealkylation sites (tertiary alicyclic amines) is 1. The minimum absolute atomic E-state index is 0.104. The van der Waals surface area contributed by atoms with Gasteiger partial charge in [-0.2, -0.15) is 0 Å². The summed E-state index contributed by atoms with van der Waals surface area (Å²) in [7, 11) is 2.10. The first kappa shape index (κ1) is 12.2. The first-order valence-corrected chi connectivity index (χ1v) is 6.55. The van der Waals surface area contributed by atoms with Gasteiger partial charge in [-0.3, -0.25) is 9.78 Å². The lowest BCUT2D eigenvalue weighted by Crippen LogP contribution is -2.41. The Morgan fingerprint density at radius 3 is 2.84 bits per heavy atom. The molecule has 0 radical (unpaired) electrons. The molecular formula is C14H17N3O2. The van der Waals surface area contributed by atoms with Crippen LogP contribution in [0.4, 0.5) is 0 Å². The van der Waals surface area contributed by atoms with E-state index in [4.69, 9.17) is 4.84 Å². The van der Waals surface area contributed by atoms with E-state index in [0.29, 0.717) is 0 Å². The van der Waals surface area contributed by atoms with E-state index < -0.39 is 0 Å². The summed E-state index contributed by atoms with van der Waals surface area (Å²) in [5.41, 5.74) is 0.652. The largest absolute Gasteiger partial charge is 0.407 e. The number of rotatable bonds is 2. The van der Waals surface area contributed by atoms with Gasteiger partial charge >= 0.3 is 0 Å². The van der Waals surface area contributed by atoms with Crippen LogP contribution in [0.2, 0.25) is 0 Å². The molecule has 3 heterocycles. The number of hydrogen-bond acceptors (Lipinski definition) is 4. The van der Waals surface area contributed by atoms with Crippen molar-refractivity contribution in [1.82, 2.24) is 14.6 Å². The second-order valence-corrected chi connectivity index (χ2v) is 5.01. The summed E-state index contributed by atoms with van der Waals surface area (Å²) in [4.78, 5) is 24.2. The maximum Gasteiger partial charge on any atom is 0.283 e. The van der Waals surface area contributed by atoms with Crippen molar-refractivity contribution < 1.29 is 4.84 Å². The van der Waals surface area contributed by atoms with Gasteiger partial charge in [-0.15, -0.1) is 4.73 Å². The van der Waals surface area contributed by atoms with Crippen LogP contribution in [0.3, 0.4) is 0 Å². The molecule has 0 atom stereocenters. The van der Waals surface area contributed by atoms with E-state index in [-0.39, 0.29) is 11.7 Å². The molecule has 1 fully saturated rings. The van der Waals surface area contributed by atoms with Crippen molar-refractivity contribution in [2.24, 2.45) is 0 Å². The van der Waals surface area contributed by atoms with Crippen LogP contribution in [0.1, 0.15) is 12.8 Å². The van der Waals surface area contributed by atoms with E-state index in [1.807, 2.05) is 6.07 Å². The topological polar surface area (TPSA) is 47.4 Å². The quantitative estimate of drug-likeness (QED) is 0.804. The monoisotopic (exact) mass is 259 g/mol. The second kappa shape index (κ2) is 5.01. The van der Waals surface area contributed by atoms with Crippen molar-refractivity contribution in [3.8, 4) is 0 Å². The van der Waals surface area contributed by atoms with Gasteiger partial charge < -0.3 is 9.74 Å². The van der Waals surface area contributed by atoms with Crippen LogP contribution in [-0.4, -0.2) is 40.9 Å². The van der Waals surface area contributed by atoms with E-state index in [0.717, 1.165) is 36.8 Å². The van der Waals surface area contributed by atoms with E-state index in [2.05, 4.69) is 16.9 Å². The van der Waals surface area contributed by atoms with Gasteiger partial charge in [-0.1, -0.05) is 0 Å². The maximum absolute atomic E-state index is 12.0. The van der Waals surface area contributed by atoms with Crippen LogP contribution in [0.5, 0.6) is 0 Å². The molecule has 100 valence electrons. The van der Waals surface area contributed by atoms with Gasteiger partial charge in [0, 0.05) is 36.9 Å². The van der Waals surface area contributed by atoms with Gasteiger partial charge in [0.15, 0.2) is 0 Å². The van der Waals surface area contributed by atoms with Crippen molar-refractivity contribution >= 4 is 10.9 Å². The summed E-state index contributed by atoms with van der Waals surface area (Å²) in [6, 6.07) is 5.11. The number of nitrogens with zero attached hydrogens (tertiary/aromatic N) is 3. The Morgan fingerprint density at radius 1 is 1.26 bits per heavy atom. The van der Waals surface area contributed by atoms with Gasteiger partial charge in [-0.25, -0.2) is 0 Å². The number of fused-ring (bicyclic) bond motifs is 1. The summed E-state index contributed by atoms with van der Waals surface area (Å²) in [6.45, 7) is 2.01. The standard InChI is InChI=1S/C14H17N3O2/c1-16-8-5-12(6-9-16)19-17-13-4-7-15-10-11(13)2-3-14(17)18/h2-4,7,10,12H,5-6,8-9H2,1H3. The molecule has 0 bridgehead atoms. The maximum atomic E-state index is 12.0. The lowest BCUT2D eigenvalue weighted by atomic mass is 10.1. The molecule has 1 aliphatic rings. The normalized spacial score (nSPS) is 17.7. The third kappa shape index (κ3) is 2.46. The zero-order valence-electron chi connectivity index (χ0n) is 11.0. The van der Waals surface area contributed by atoms with Crippen molar-refractivity contribution in [3.05, 3.63) is 40.9 Å². The lowest BCUT2D eigenvalue weighted by Gasteiger charge is -2.29. The highest BCUT2D eigenvalue weighted by Crippen LogP contribution is 2.13. The van der Waals surface area contributed by atoms with E-state index in [1.165, 1.54) is 10.8 Å². The highest BCUT2D eigenvalue weighted by molar-refractivity contribution is 5.77. The van der Waals surface area contributed by atoms with Gasteiger partial charge in [0.05, 0.1) is 5.52 Å². The Labute approximate surface area is 111 Å². The number of pyridine rings is 2. The molecule has 1 aliphatic heterocycles. The first-order valence-electron chi connectivity index (χ1n) is 6.55. The molecule has 5 nitrogen and oxygen atoms in total. The van der Waals surface area contributed by atoms with Crippen molar-refractivity contribution in [1.29, 1.82) is 0 Å². The zero-order valence-corrected chi connectivity index (χ0v) is 11.0. The number of piperidine rings is 1. The molecule has 19 heavy (non-hydrogen) atoms. The Kier molecular flexibility index (Phi) is 3.21. The predicted octanol–water partition coefficient (Wildman–Crippen LogP) is 0.919. The van der Waals surface area contributed by atoms with Crippen LogP contribution < -0.4 is 10.4 Å². The highest BCUT2D eigenvalue weighted by atomic mass is 16.7. The third-order valence-electron chi connectivity index (χ3n) is 3.57. The summed E-state index contributed by atoms with van der Waals surface area (Å²) >= 11 is 0. The first-order chi connectivity index (χ1) is 9.24. The van der Waals surface area contributed by atoms with Crippen LogP contribution in [0.15, 0.2) is 35.4 Å². The van der Waals surface area contributed by atoms with E-state index in [9.17, 15) is 4.79 Å². The second-order valence-electron chi connectivity index (χ2n) is 5.01. The van der Waals surface area contributed by atoms with E-state index in [1.54, 1.807) is 18.5 Å². The van der Waals surface area contributed by atoms with Crippen LogP contribution in [0.25, 0.3) is 10.9 Å². The summed E-state index contributed by atoms with van der Waals surface area (Å²) in [6.07, 6.45) is 5.42. The summed E-state index contributed by atoms with van der Waals surface area (Å²) in [5, 5.41) is 0.912. The number of aromatic nitrogens is 2. The SMILES string of the molecule is CN1CCC(On2c(=O)ccc3cnccc32)CC1. The van der Waals surface area contributed by atoms with E-state index >= 15 is 0 Å². The molecule has 1 saturated heterocycles. The van der Waals surface area contributed by atoms with Crippen molar-refractivity contribution in [2.45, 2.75) is 18.9 Å². The predicted molar refractivity (Wildman–Crippen MR) is 73.1 cm³/mol. The van der Waals surface area contributed by atoms with Gasteiger partial charge in [0.2, 0.25) is 0 Å².